The average Bonchev–Trinajstić information content (AvgIpc) is 3.87. The van der Waals surface area contributed by atoms with E-state index in [0.29, 0.717) is 17.8 Å². The van der Waals surface area contributed by atoms with Crippen molar-refractivity contribution in [2.45, 2.75) is 172 Å². The molecule has 0 aromatic rings. The van der Waals surface area contributed by atoms with Crippen LogP contribution in [0.1, 0.15) is 160 Å². The number of carboxylic acids is 1. The first-order chi connectivity index (χ1) is 24.1. The minimum absolute atomic E-state index is 0.0573. The van der Waals surface area contributed by atoms with Crippen LogP contribution in [-0.4, -0.2) is 78.6 Å². The summed E-state index contributed by atoms with van der Waals surface area (Å²) in [5.74, 6) is 1.18. The van der Waals surface area contributed by atoms with Crippen LogP contribution in [0.5, 0.6) is 0 Å². The van der Waals surface area contributed by atoms with Crippen LogP contribution in [0.25, 0.3) is 0 Å². The minimum atomic E-state index is -0.991. The summed E-state index contributed by atoms with van der Waals surface area (Å²) in [6, 6.07) is 0. The standard InChI is InChI=1S/C40H70N2O4.2C2H6/c1-9-29-25-37(34(11-3)40(37)38(27-43,32(29)10-2)39(40,28(7)8)36(44)45)35-24-31(30-20-16-15-17-21-30)33(46-35)26-42(14-6)23-19-18-22-41(12-4)13-5;2*1-2/h27-35H,9-26H2,1-8H3,(H,44,45);2*1-2H3. The van der Waals surface area contributed by atoms with Crippen LogP contribution in [0.3, 0.4) is 0 Å². The van der Waals surface area contributed by atoms with E-state index in [4.69, 9.17) is 4.74 Å². The van der Waals surface area contributed by atoms with Gasteiger partial charge in [-0.25, -0.2) is 0 Å². The maximum absolute atomic E-state index is 13.7. The number of hydrogen-bond acceptors (Lipinski definition) is 5. The number of aldehydes is 1. The second-order valence-corrected chi connectivity index (χ2v) is 16.5. The first-order valence-corrected chi connectivity index (χ1v) is 21.9. The fourth-order valence-electron chi connectivity index (χ4n) is 13.8. The zero-order chi connectivity index (χ0) is 37.5. The molecule has 10 atom stereocenters. The van der Waals surface area contributed by atoms with E-state index in [1.54, 1.807) is 0 Å². The van der Waals surface area contributed by atoms with Gasteiger partial charge in [0.05, 0.1) is 23.0 Å². The lowest BCUT2D eigenvalue weighted by atomic mass is 9.63. The minimum Gasteiger partial charge on any atom is -0.481 e. The molecule has 1 saturated heterocycles. The van der Waals surface area contributed by atoms with Crippen LogP contribution in [0.4, 0.5) is 0 Å². The number of hydrogen-bond donors (Lipinski definition) is 1. The molecule has 4 aliphatic carbocycles. The molecule has 0 amide bonds. The highest BCUT2D eigenvalue weighted by atomic mass is 16.5. The number of likely N-dealkylation sites (N-methyl/N-ethyl adjacent to an activating group) is 1. The van der Waals surface area contributed by atoms with Gasteiger partial charge in [0.2, 0.25) is 0 Å². The van der Waals surface area contributed by atoms with Crippen molar-refractivity contribution < 1.29 is 19.4 Å². The molecule has 0 aromatic carbocycles. The van der Waals surface area contributed by atoms with Gasteiger partial charge in [-0.2, -0.15) is 0 Å². The van der Waals surface area contributed by atoms with Gasteiger partial charge in [0.1, 0.15) is 6.29 Å². The lowest BCUT2D eigenvalue weighted by Crippen LogP contribution is -2.41. The highest BCUT2D eigenvalue weighted by molar-refractivity contribution is 5.95. The van der Waals surface area contributed by atoms with Gasteiger partial charge in [-0.15, -0.1) is 0 Å². The molecule has 6 nitrogen and oxygen atoms in total. The Balaban J connectivity index is 0.00000163. The van der Waals surface area contributed by atoms with Crippen LogP contribution >= 0.6 is 0 Å². The third-order valence-corrected chi connectivity index (χ3v) is 15.3. The van der Waals surface area contributed by atoms with Crippen LogP contribution in [0.2, 0.25) is 0 Å². The maximum Gasteiger partial charge on any atom is 0.311 e. The van der Waals surface area contributed by atoms with E-state index in [2.05, 4.69) is 65.2 Å². The van der Waals surface area contributed by atoms with E-state index in [0.717, 1.165) is 64.8 Å². The molecule has 1 aliphatic heterocycles. The summed E-state index contributed by atoms with van der Waals surface area (Å²) < 4.78 is 7.49. The fraction of sp³-hybridized carbons (Fsp3) is 0.955. The molecule has 1 N–H and O–H groups in total. The van der Waals surface area contributed by atoms with E-state index in [-0.39, 0.29) is 35.4 Å². The Morgan fingerprint density at radius 3 is 1.90 bits per heavy atom. The summed E-state index contributed by atoms with van der Waals surface area (Å²) in [6.07, 6.45) is 15.5. The van der Waals surface area contributed by atoms with Gasteiger partial charge in [-0.05, 0) is 93.9 Å². The zero-order valence-electron chi connectivity index (χ0n) is 35.0. The molecule has 5 aliphatic rings. The van der Waals surface area contributed by atoms with Crippen molar-refractivity contribution in [1.82, 2.24) is 9.80 Å². The quantitative estimate of drug-likeness (QED) is 0.113. The number of aliphatic carboxylic acids is 1. The smallest absolute Gasteiger partial charge is 0.311 e. The molecular weight excluding hydrogens is 620 g/mol. The van der Waals surface area contributed by atoms with Crippen molar-refractivity contribution in [2.75, 3.05) is 39.3 Å². The van der Waals surface area contributed by atoms with Gasteiger partial charge >= 0.3 is 5.97 Å². The summed E-state index contributed by atoms with van der Waals surface area (Å²) in [7, 11) is 0. The summed E-state index contributed by atoms with van der Waals surface area (Å²) >= 11 is 0. The second-order valence-electron chi connectivity index (χ2n) is 16.5. The Morgan fingerprint density at radius 1 is 0.860 bits per heavy atom. The Labute approximate surface area is 309 Å². The number of nitrogens with zero attached hydrogens (tertiary/aromatic N) is 2. The zero-order valence-corrected chi connectivity index (χ0v) is 35.0. The maximum atomic E-state index is 13.7. The van der Waals surface area contributed by atoms with Crippen molar-refractivity contribution in [1.29, 1.82) is 0 Å². The predicted octanol–water partition coefficient (Wildman–Crippen LogP) is 10.2. The van der Waals surface area contributed by atoms with Crippen molar-refractivity contribution in [2.24, 2.45) is 57.2 Å². The molecule has 5 rings (SSSR count). The van der Waals surface area contributed by atoms with Gasteiger partial charge in [0, 0.05) is 17.4 Å². The highest BCUT2D eigenvalue weighted by Crippen LogP contribution is 3.06. The first kappa shape index (κ1) is 43.4. The second kappa shape index (κ2) is 18.4. The lowest BCUT2D eigenvalue weighted by Gasteiger charge is -2.41. The molecule has 50 heavy (non-hydrogen) atoms. The monoisotopic (exact) mass is 703 g/mol. The van der Waals surface area contributed by atoms with Crippen molar-refractivity contribution >= 4 is 12.3 Å². The Morgan fingerprint density at radius 2 is 1.44 bits per heavy atom. The molecule has 10 unspecified atom stereocenters. The van der Waals surface area contributed by atoms with Crippen molar-refractivity contribution in [3.05, 3.63) is 0 Å². The molecule has 4 saturated carbocycles. The number of unbranched alkanes of at least 4 members (excludes halogenated alkanes) is 1. The number of rotatable bonds is 18. The van der Waals surface area contributed by atoms with Crippen molar-refractivity contribution in [3.63, 3.8) is 0 Å². The molecule has 1 heterocycles. The van der Waals surface area contributed by atoms with Gasteiger partial charge in [0.15, 0.2) is 0 Å². The van der Waals surface area contributed by atoms with E-state index >= 15 is 0 Å². The fourth-order valence-corrected chi connectivity index (χ4v) is 13.8. The average molecular weight is 703 g/mol. The third kappa shape index (κ3) is 6.27. The summed E-state index contributed by atoms with van der Waals surface area (Å²) in [6.45, 7) is 32.3. The number of ether oxygens (including phenoxy) is 1. The summed E-state index contributed by atoms with van der Waals surface area (Å²) in [4.78, 5) is 32.6. The third-order valence-electron chi connectivity index (χ3n) is 15.3. The number of carbonyl (C=O) groups is 2. The molecule has 0 radical (unpaired) electrons. The van der Waals surface area contributed by atoms with Crippen LogP contribution in [-0.2, 0) is 14.3 Å². The van der Waals surface area contributed by atoms with E-state index in [1.165, 1.54) is 57.8 Å². The van der Waals surface area contributed by atoms with E-state index in [1.807, 2.05) is 27.7 Å². The number of carboxylic acid groups (broad SMARTS) is 1. The van der Waals surface area contributed by atoms with Crippen LogP contribution in [0.15, 0.2) is 0 Å². The van der Waals surface area contributed by atoms with Crippen LogP contribution in [0, 0.1) is 57.2 Å². The topological polar surface area (TPSA) is 70.1 Å². The van der Waals surface area contributed by atoms with Gasteiger partial charge in [-0.3, -0.25) is 4.79 Å². The van der Waals surface area contributed by atoms with Gasteiger partial charge in [-0.1, -0.05) is 134 Å². The molecule has 1 spiro atoms. The molecule has 6 heteroatoms. The van der Waals surface area contributed by atoms with Gasteiger partial charge < -0.3 is 24.4 Å². The van der Waals surface area contributed by atoms with E-state index < -0.39 is 22.2 Å². The summed E-state index contributed by atoms with van der Waals surface area (Å²) in [5, 5.41) is 11.3. The van der Waals surface area contributed by atoms with Gasteiger partial charge in [0.25, 0.3) is 0 Å². The highest BCUT2D eigenvalue weighted by Gasteiger charge is 3.09. The Kier molecular flexibility index (Phi) is 16.0. The van der Waals surface area contributed by atoms with Crippen LogP contribution < -0.4 is 0 Å². The Bertz CT molecular complexity index is 1060. The molecule has 5 fully saturated rings. The lowest BCUT2D eigenvalue weighted by molar-refractivity contribution is -0.150. The first-order valence-electron chi connectivity index (χ1n) is 21.9. The molecule has 0 aromatic heterocycles. The van der Waals surface area contributed by atoms with Crippen molar-refractivity contribution in [3.8, 4) is 0 Å². The largest absolute Gasteiger partial charge is 0.481 e. The Hall–Kier alpha value is -0.980. The summed E-state index contributed by atoms with van der Waals surface area (Å²) in [5.41, 5.74) is -2.45. The predicted molar refractivity (Wildman–Crippen MR) is 209 cm³/mol. The van der Waals surface area contributed by atoms with E-state index in [9.17, 15) is 14.7 Å². The molecular formula is C44H82N2O4. The molecule has 292 valence electrons. The SMILES string of the molecule is CC.CC.CCC1CC2(C3CC(C4CCCCC4)C(CN(CC)CCCCN(CC)CC)O3)C(CC)C23C(C=O)(C1CC)C3(C(=O)O)C(C)C. The molecule has 0 bridgehead atoms. The number of carbonyl (C=O) groups excluding carboxylic acids is 1. The normalized spacial score (nSPS) is 38.9.